The quantitative estimate of drug-likeness (QED) is 0.659. The summed E-state index contributed by atoms with van der Waals surface area (Å²) in [6.07, 6.45) is 5.17. The lowest BCUT2D eigenvalue weighted by molar-refractivity contribution is -0.384. The van der Waals surface area contributed by atoms with Gasteiger partial charge in [0.15, 0.2) is 0 Å². The minimum Gasteiger partial charge on any atom is -0.383 e. The largest absolute Gasteiger partial charge is 0.383 e. The first-order valence-corrected chi connectivity index (χ1v) is 7.24. The summed E-state index contributed by atoms with van der Waals surface area (Å²) >= 11 is 0. The molecule has 21 heavy (non-hydrogen) atoms. The Morgan fingerprint density at radius 3 is 2.52 bits per heavy atom. The Morgan fingerprint density at radius 1 is 1.29 bits per heavy atom. The zero-order chi connectivity index (χ0) is 15.5. The summed E-state index contributed by atoms with van der Waals surface area (Å²) in [5.74, 6) is -0.372. The van der Waals surface area contributed by atoms with Crippen molar-refractivity contribution in [3.05, 3.63) is 33.9 Å². The highest BCUT2D eigenvalue weighted by atomic mass is 16.6. The Hall–Kier alpha value is -2.11. The molecule has 0 aliphatic heterocycles. The molecule has 1 aromatic rings. The number of carbonyl (C=O) groups excluding carboxylic acids is 1. The zero-order valence-corrected chi connectivity index (χ0v) is 12.4. The lowest BCUT2D eigenvalue weighted by Gasteiger charge is -2.34. The lowest BCUT2D eigenvalue weighted by Crippen LogP contribution is -2.47. The van der Waals surface area contributed by atoms with E-state index < -0.39 is 4.92 Å². The van der Waals surface area contributed by atoms with Crippen LogP contribution in [0.25, 0.3) is 0 Å². The number of carbonyl (C=O) groups is 1. The second kappa shape index (κ2) is 6.11. The first-order valence-electron chi connectivity index (χ1n) is 7.24. The van der Waals surface area contributed by atoms with Crippen LogP contribution in [0.1, 0.15) is 49.4 Å². The number of hydrogen-bond acceptors (Lipinski definition) is 4. The SMILES string of the molecule is CNc1cccc(C(=O)NC2(C)CCCCC2)c1[N+](=O)[O-]. The summed E-state index contributed by atoms with van der Waals surface area (Å²) in [7, 11) is 1.60. The molecule has 2 N–H and O–H groups in total. The summed E-state index contributed by atoms with van der Waals surface area (Å²) in [5, 5.41) is 17.0. The topological polar surface area (TPSA) is 84.3 Å². The molecule has 2 rings (SSSR count). The molecule has 6 nitrogen and oxygen atoms in total. The molecule has 0 heterocycles. The van der Waals surface area contributed by atoms with Crippen LogP contribution in [-0.2, 0) is 0 Å². The van der Waals surface area contributed by atoms with Gasteiger partial charge >= 0.3 is 5.69 Å². The Morgan fingerprint density at radius 2 is 1.95 bits per heavy atom. The van der Waals surface area contributed by atoms with E-state index in [9.17, 15) is 14.9 Å². The van der Waals surface area contributed by atoms with E-state index in [1.54, 1.807) is 19.2 Å². The first kappa shape index (κ1) is 15.3. The van der Waals surface area contributed by atoms with Crippen molar-refractivity contribution in [1.29, 1.82) is 0 Å². The monoisotopic (exact) mass is 291 g/mol. The third kappa shape index (κ3) is 3.32. The number of nitro groups is 1. The first-order chi connectivity index (χ1) is 9.97. The summed E-state index contributed by atoms with van der Waals surface area (Å²) in [6, 6.07) is 4.74. The molecule has 1 aliphatic carbocycles. The van der Waals surface area contributed by atoms with Crippen molar-refractivity contribution in [2.45, 2.75) is 44.6 Å². The van der Waals surface area contributed by atoms with E-state index in [-0.39, 0.29) is 22.7 Å². The standard InChI is InChI=1S/C15H21N3O3/c1-15(9-4-3-5-10-15)17-14(19)11-7-6-8-12(16-2)13(11)18(20)21/h6-8,16H,3-5,9-10H2,1-2H3,(H,17,19). The van der Waals surface area contributed by atoms with E-state index in [0.717, 1.165) is 25.7 Å². The van der Waals surface area contributed by atoms with E-state index in [1.807, 2.05) is 6.92 Å². The summed E-state index contributed by atoms with van der Waals surface area (Å²) in [6.45, 7) is 2.01. The molecule has 0 atom stereocenters. The van der Waals surface area contributed by atoms with Gasteiger partial charge in [-0.3, -0.25) is 14.9 Å². The second-order valence-electron chi connectivity index (χ2n) is 5.78. The van der Waals surface area contributed by atoms with E-state index in [0.29, 0.717) is 5.69 Å². The van der Waals surface area contributed by atoms with Gasteiger partial charge in [-0.2, -0.15) is 0 Å². The van der Waals surface area contributed by atoms with Crippen LogP contribution in [0.2, 0.25) is 0 Å². The highest BCUT2D eigenvalue weighted by Crippen LogP contribution is 2.31. The van der Waals surface area contributed by atoms with Crippen LogP contribution in [0.5, 0.6) is 0 Å². The minimum atomic E-state index is -0.510. The molecule has 0 spiro atoms. The van der Waals surface area contributed by atoms with Gasteiger partial charge in [-0.15, -0.1) is 0 Å². The Labute approximate surface area is 124 Å². The number of anilines is 1. The molecule has 1 amide bonds. The zero-order valence-electron chi connectivity index (χ0n) is 12.4. The van der Waals surface area contributed by atoms with Gasteiger partial charge in [0, 0.05) is 12.6 Å². The van der Waals surface area contributed by atoms with Crippen LogP contribution < -0.4 is 10.6 Å². The average molecular weight is 291 g/mol. The highest BCUT2D eigenvalue weighted by molar-refractivity contribution is 6.00. The van der Waals surface area contributed by atoms with Crippen molar-refractivity contribution >= 4 is 17.3 Å². The third-order valence-electron chi connectivity index (χ3n) is 4.10. The van der Waals surface area contributed by atoms with Gasteiger partial charge in [0.25, 0.3) is 5.91 Å². The van der Waals surface area contributed by atoms with Gasteiger partial charge < -0.3 is 10.6 Å². The summed E-state index contributed by atoms with van der Waals surface area (Å²) in [5.41, 5.74) is 0.0239. The molecule has 1 fully saturated rings. The maximum atomic E-state index is 12.5. The molecule has 1 aromatic carbocycles. The van der Waals surface area contributed by atoms with Crippen molar-refractivity contribution in [3.8, 4) is 0 Å². The van der Waals surface area contributed by atoms with Crippen LogP contribution in [0.15, 0.2) is 18.2 Å². The minimum absolute atomic E-state index is 0.110. The number of benzene rings is 1. The van der Waals surface area contributed by atoms with E-state index in [2.05, 4.69) is 10.6 Å². The van der Waals surface area contributed by atoms with Gasteiger partial charge in [-0.25, -0.2) is 0 Å². The van der Waals surface area contributed by atoms with Crippen molar-refractivity contribution in [3.63, 3.8) is 0 Å². The molecule has 0 saturated heterocycles. The summed E-state index contributed by atoms with van der Waals surface area (Å²) < 4.78 is 0. The van der Waals surface area contributed by atoms with Crippen LogP contribution in [0, 0.1) is 10.1 Å². The molecule has 1 aliphatic rings. The predicted octanol–water partition coefficient (Wildman–Crippen LogP) is 3.09. The lowest BCUT2D eigenvalue weighted by atomic mass is 9.83. The van der Waals surface area contributed by atoms with E-state index in [1.165, 1.54) is 12.5 Å². The number of hydrogen-bond donors (Lipinski definition) is 2. The van der Waals surface area contributed by atoms with Crippen LogP contribution in [-0.4, -0.2) is 23.4 Å². The number of nitro benzene ring substituents is 1. The van der Waals surface area contributed by atoms with Gasteiger partial charge in [-0.05, 0) is 31.9 Å². The van der Waals surface area contributed by atoms with Crippen molar-refractivity contribution in [2.75, 3.05) is 12.4 Å². The molecular formula is C15H21N3O3. The molecule has 0 aromatic heterocycles. The highest BCUT2D eigenvalue weighted by Gasteiger charge is 2.31. The predicted molar refractivity (Wildman–Crippen MR) is 81.6 cm³/mol. The molecule has 0 unspecified atom stereocenters. The van der Waals surface area contributed by atoms with Crippen molar-refractivity contribution in [1.82, 2.24) is 5.32 Å². The maximum absolute atomic E-state index is 12.5. The molecule has 0 bridgehead atoms. The maximum Gasteiger partial charge on any atom is 0.305 e. The number of para-hydroxylation sites is 1. The van der Waals surface area contributed by atoms with E-state index >= 15 is 0 Å². The fourth-order valence-corrected chi connectivity index (χ4v) is 2.92. The molecular weight excluding hydrogens is 270 g/mol. The molecule has 6 heteroatoms. The van der Waals surface area contributed by atoms with Crippen LogP contribution >= 0.6 is 0 Å². The van der Waals surface area contributed by atoms with Crippen molar-refractivity contribution in [2.24, 2.45) is 0 Å². The Balaban J connectivity index is 2.28. The number of nitrogens with zero attached hydrogens (tertiary/aromatic N) is 1. The molecule has 0 radical (unpaired) electrons. The fraction of sp³-hybridized carbons (Fsp3) is 0.533. The fourth-order valence-electron chi connectivity index (χ4n) is 2.92. The van der Waals surface area contributed by atoms with Crippen LogP contribution in [0.4, 0.5) is 11.4 Å². The third-order valence-corrected chi connectivity index (χ3v) is 4.10. The van der Waals surface area contributed by atoms with Gasteiger partial charge in [0.2, 0.25) is 0 Å². The summed E-state index contributed by atoms with van der Waals surface area (Å²) in [4.78, 5) is 23.2. The Kier molecular flexibility index (Phi) is 4.45. The normalized spacial score (nSPS) is 17.0. The second-order valence-corrected chi connectivity index (χ2v) is 5.78. The van der Waals surface area contributed by atoms with Crippen LogP contribution in [0.3, 0.4) is 0 Å². The van der Waals surface area contributed by atoms with E-state index in [4.69, 9.17) is 0 Å². The molecule has 114 valence electrons. The van der Waals surface area contributed by atoms with Gasteiger partial charge in [0.1, 0.15) is 11.3 Å². The Bertz CT molecular complexity index is 551. The van der Waals surface area contributed by atoms with Gasteiger partial charge in [0.05, 0.1) is 4.92 Å². The average Bonchev–Trinajstić information content (AvgIpc) is 2.46. The number of rotatable bonds is 4. The number of amides is 1. The van der Waals surface area contributed by atoms with Crippen molar-refractivity contribution < 1.29 is 9.72 Å². The molecule has 1 saturated carbocycles. The van der Waals surface area contributed by atoms with Gasteiger partial charge in [-0.1, -0.05) is 25.3 Å². The smallest absolute Gasteiger partial charge is 0.305 e. The number of nitrogens with one attached hydrogen (secondary N) is 2.